The van der Waals surface area contributed by atoms with Crippen molar-refractivity contribution in [3.63, 3.8) is 0 Å². The zero-order chi connectivity index (χ0) is 27.0. The van der Waals surface area contributed by atoms with Gasteiger partial charge in [0.15, 0.2) is 10.9 Å². The highest BCUT2D eigenvalue weighted by molar-refractivity contribution is 7.98. The van der Waals surface area contributed by atoms with Gasteiger partial charge in [0.25, 0.3) is 5.91 Å². The molecule has 3 aromatic heterocycles. The Bertz CT molecular complexity index is 1370. The first-order valence-corrected chi connectivity index (χ1v) is 14.0. The van der Waals surface area contributed by atoms with E-state index in [2.05, 4.69) is 45.2 Å². The number of hydrogen-bond acceptors (Lipinski definition) is 9. The lowest BCUT2D eigenvalue weighted by Gasteiger charge is -2.37. The van der Waals surface area contributed by atoms with Crippen LogP contribution < -0.4 is 19.9 Å². The van der Waals surface area contributed by atoms with Crippen molar-refractivity contribution in [2.24, 2.45) is 0 Å². The largest absolute Gasteiger partial charge is 0.497 e. The normalized spacial score (nSPS) is 13.4. The van der Waals surface area contributed by atoms with Crippen molar-refractivity contribution in [3.8, 4) is 5.75 Å². The van der Waals surface area contributed by atoms with Gasteiger partial charge in [-0.3, -0.25) is 9.78 Å². The maximum atomic E-state index is 12.5. The molecule has 5 rings (SSSR count). The fraction of sp³-hybridized carbons (Fsp3) is 0.310. The van der Waals surface area contributed by atoms with Gasteiger partial charge in [-0.15, -0.1) is 0 Å². The van der Waals surface area contributed by atoms with Crippen LogP contribution in [0, 0.1) is 0 Å². The number of furan rings is 1. The van der Waals surface area contributed by atoms with Crippen molar-refractivity contribution in [1.82, 2.24) is 20.3 Å². The minimum atomic E-state index is -0.266. The van der Waals surface area contributed by atoms with Gasteiger partial charge in [-0.05, 0) is 55.0 Å². The number of thioether (sulfide) groups is 1. The molecule has 202 valence electrons. The lowest BCUT2D eigenvalue weighted by atomic mass is 10.2. The van der Waals surface area contributed by atoms with Gasteiger partial charge in [-0.2, -0.15) is 0 Å². The molecule has 1 aliphatic rings. The summed E-state index contributed by atoms with van der Waals surface area (Å²) in [7, 11) is 1.68. The summed E-state index contributed by atoms with van der Waals surface area (Å²) >= 11 is 1.51. The second kappa shape index (κ2) is 12.7. The van der Waals surface area contributed by atoms with Crippen molar-refractivity contribution >= 4 is 29.2 Å². The second-order valence-electron chi connectivity index (χ2n) is 9.08. The Balaban J connectivity index is 1.17. The number of hydrogen-bond donors (Lipinski definition) is 1. The zero-order valence-corrected chi connectivity index (χ0v) is 23.0. The summed E-state index contributed by atoms with van der Waals surface area (Å²) in [6.45, 7) is 6.04. The standard InChI is InChI=1S/C29H32N6O3S/c1-3-21-18-27(35-16-14-34(15-17-35)23-7-9-24(37-2)10-8-23)33-29(32-21)39-20-25-11-12-26(38-25)28(36)31-19-22-6-4-5-13-30-22/h4-13,18H,3,14-17,19-20H2,1-2H3,(H,31,36). The molecule has 1 aliphatic heterocycles. The van der Waals surface area contributed by atoms with Gasteiger partial charge in [0.2, 0.25) is 0 Å². The number of amides is 1. The van der Waals surface area contributed by atoms with Gasteiger partial charge < -0.3 is 24.3 Å². The molecular weight excluding hydrogens is 512 g/mol. The van der Waals surface area contributed by atoms with Gasteiger partial charge in [0, 0.05) is 49.8 Å². The molecule has 0 saturated carbocycles. The van der Waals surface area contributed by atoms with Crippen LogP contribution in [-0.2, 0) is 18.7 Å². The molecule has 1 aromatic carbocycles. The van der Waals surface area contributed by atoms with Crippen LogP contribution in [0.1, 0.15) is 34.6 Å². The maximum absolute atomic E-state index is 12.5. The first-order valence-electron chi connectivity index (χ1n) is 13.0. The van der Waals surface area contributed by atoms with Crippen LogP contribution in [0.3, 0.4) is 0 Å². The van der Waals surface area contributed by atoms with Crippen molar-refractivity contribution in [3.05, 3.63) is 89.8 Å². The van der Waals surface area contributed by atoms with Gasteiger partial charge in [-0.25, -0.2) is 9.97 Å². The van der Waals surface area contributed by atoms with Gasteiger partial charge in [-0.1, -0.05) is 24.8 Å². The lowest BCUT2D eigenvalue weighted by Crippen LogP contribution is -2.46. The third kappa shape index (κ3) is 6.88. The van der Waals surface area contributed by atoms with E-state index in [4.69, 9.17) is 19.1 Å². The summed E-state index contributed by atoms with van der Waals surface area (Å²) in [5.41, 5.74) is 3.00. The van der Waals surface area contributed by atoms with Crippen molar-refractivity contribution in [2.75, 3.05) is 43.1 Å². The summed E-state index contributed by atoms with van der Waals surface area (Å²) in [6, 6.07) is 19.4. The molecule has 0 unspecified atom stereocenters. The average Bonchev–Trinajstić information content (AvgIpc) is 3.48. The molecule has 1 amide bonds. The maximum Gasteiger partial charge on any atom is 0.287 e. The highest BCUT2D eigenvalue weighted by atomic mass is 32.2. The Kier molecular flexibility index (Phi) is 8.62. The van der Waals surface area contributed by atoms with Gasteiger partial charge in [0.1, 0.15) is 17.3 Å². The van der Waals surface area contributed by atoms with Crippen LogP contribution in [0.25, 0.3) is 0 Å². The van der Waals surface area contributed by atoms with Crippen molar-refractivity contribution < 1.29 is 13.9 Å². The van der Waals surface area contributed by atoms with E-state index in [-0.39, 0.29) is 11.7 Å². The summed E-state index contributed by atoms with van der Waals surface area (Å²) < 4.78 is 11.1. The smallest absolute Gasteiger partial charge is 0.287 e. The minimum absolute atomic E-state index is 0.266. The van der Waals surface area contributed by atoms with E-state index < -0.39 is 0 Å². The Labute approximate surface area is 232 Å². The first-order chi connectivity index (χ1) is 19.1. The van der Waals surface area contributed by atoms with E-state index in [1.54, 1.807) is 19.4 Å². The fourth-order valence-electron chi connectivity index (χ4n) is 4.33. The average molecular weight is 545 g/mol. The van der Waals surface area contributed by atoms with Crippen molar-refractivity contribution in [1.29, 1.82) is 0 Å². The Morgan fingerprint density at radius 3 is 2.51 bits per heavy atom. The highest BCUT2D eigenvalue weighted by Crippen LogP contribution is 2.26. The number of aryl methyl sites for hydroxylation is 1. The van der Waals surface area contributed by atoms with Crippen LogP contribution in [0.15, 0.2) is 76.4 Å². The van der Waals surface area contributed by atoms with Crippen LogP contribution >= 0.6 is 11.8 Å². The molecular formula is C29H32N6O3S. The summed E-state index contributed by atoms with van der Waals surface area (Å²) in [6.07, 6.45) is 2.53. The number of nitrogens with one attached hydrogen (secondary N) is 1. The number of aromatic nitrogens is 3. The van der Waals surface area contributed by atoms with E-state index in [1.807, 2.05) is 36.4 Å². The molecule has 0 radical (unpaired) electrons. The quantitative estimate of drug-likeness (QED) is 0.227. The number of nitrogens with zero attached hydrogens (tertiary/aromatic N) is 5. The van der Waals surface area contributed by atoms with E-state index in [0.29, 0.717) is 23.2 Å². The van der Waals surface area contributed by atoms with E-state index in [0.717, 1.165) is 55.6 Å². The molecule has 1 saturated heterocycles. The minimum Gasteiger partial charge on any atom is -0.497 e. The van der Waals surface area contributed by atoms with Crippen LogP contribution in [0.5, 0.6) is 5.75 Å². The van der Waals surface area contributed by atoms with Crippen LogP contribution in [0.4, 0.5) is 11.5 Å². The Morgan fingerprint density at radius 2 is 1.79 bits per heavy atom. The third-order valence-electron chi connectivity index (χ3n) is 6.53. The van der Waals surface area contributed by atoms with Gasteiger partial charge in [0.05, 0.1) is 25.1 Å². The molecule has 0 aliphatic carbocycles. The number of pyridine rings is 1. The monoisotopic (exact) mass is 544 g/mol. The Morgan fingerprint density at radius 1 is 1.00 bits per heavy atom. The predicted octanol–water partition coefficient (Wildman–Crippen LogP) is 4.58. The first kappa shape index (κ1) is 26.6. The molecule has 9 nitrogen and oxygen atoms in total. The Hall–Kier alpha value is -4.05. The molecule has 39 heavy (non-hydrogen) atoms. The van der Waals surface area contributed by atoms with E-state index in [9.17, 15) is 4.79 Å². The number of piperazine rings is 1. The number of ether oxygens (including phenoxy) is 1. The second-order valence-corrected chi connectivity index (χ2v) is 10.0. The molecule has 4 aromatic rings. The number of benzene rings is 1. The lowest BCUT2D eigenvalue weighted by molar-refractivity contribution is 0.0921. The van der Waals surface area contributed by atoms with Crippen LogP contribution in [-0.4, -0.2) is 54.1 Å². The van der Waals surface area contributed by atoms with E-state index in [1.165, 1.54) is 17.4 Å². The fourth-order valence-corrected chi connectivity index (χ4v) is 5.09. The molecule has 1 N–H and O–H groups in total. The van der Waals surface area contributed by atoms with Crippen LogP contribution in [0.2, 0.25) is 0 Å². The topological polar surface area (TPSA) is 96.6 Å². The van der Waals surface area contributed by atoms with E-state index >= 15 is 0 Å². The number of anilines is 2. The summed E-state index contributed by atoms with van der Waals surface area (Å²) in [5.74, 6) is 3.06. The zero-order valence-electron chi connectivity index (χ0n) is 22.2. The molecule has 0 spiro atoms. The molecule has 10 heteroatoms. The molecule has 4 heterocycles. The molecule has 1 fully saturated rings. The van der Waals surface area contributed by atoms with Gasteiger partial charge >= 0.3 is 0 Å². The predicted molar refractivity (Wildman–Crippen MR) is 153 cm³/mol. The third-order valence-corrected chi connectivity index (χ3v) is 7.40. The summed E-state index contributed by atoms with van der Waals surface area (Å²) in [5, 5.41) is 3.55. The number of methoxy groups -OCH3 is 1. The number of carbonyl (C=O) groups is 1. The molecule has 0 bridgehead atoms. The number of rotatable bonds is 10. The van der Waals surface area contributed by atoms with Crippen molar-refractivity contribution in [2.45, 2.75) is 30.8 Å². The number of carbonyl (C=O) groups excluding carboxylic acids is 1. The highest BCUT2D eigenvalue weighted by Gasteiger charge is 2.20. The summed E-state index contributed by atoms with van der Waals surface area (Å²) in [4.78, 5) is 31.0. The SMILES string of the molecule is CCc1cc(N2CCN(c3ccc(OC)cc3)CC2)nc(SCc2ccc(C(=O)NCc3ccccn3)o2)n1. The molecule has 0 atom stereocenters.